The van der Waals surface area contributed by atoms with Crippen molar-refractivity contribution in [2.75, 3.05) is 19.3 Å². The SMILES string of the molecule is CN(CCn1cncc1-c1ccc(N)nc1)C1CCCC1. The second-order valence-corrected chi connectivity index (χ2v) is 5.86. The smallest absolute Gasteiger partial charge is 0.123 e. The molecule has 0 spiro atoms. The Balaban J connectivity index is 1.66. The van der Waals surface area contributed by atoms with E-state index >= 15 is 0 Å². The van der Waals surface area contributed by atoms with Crippen molar-refractivity contribution in [1.29, 1.82) is 0 Å². The average Bonchev–Trinajstić information content (AvgIpc) is 3.17. The van der Waals surface area contributed by atoms with Crippen molar-refractivity contribution < 1.29 is 0 Å². The van der Waals surface area contributed by atoms with E-state index in [1.165, 1.54) is 25.7 Å². The molecule has 0 aliphatic heterocycles. The predicted molar refractivity (Wildman–Crippen MR) is 84.8 cm³/mol. The number of nitrogen functional groups attached to an aromatic ring is 1. The molecule has 1 aliphatic rings. The lowest BCUT2D eigenvalue weighted by atomic mass is 10.2. The summed E-state index contributed by atoms with van der Waals surface area (Å²) in [6, 6.07) is 4.59. The van der Waals surface area contributed by atoms with Gasteiger partial charge in [-0.05, 0) is 32.0 Å². The lowest BCUT2D eigenvalue weighted by molar-refractivity contribution is 0.237. The first kappa shape index (κ1) is 14.1. The van der Waals surface area contributed by atoms with Gasteiger partial charge in [0.1, 0.15) is 5.82 Å². The molecular formula is C16H23N5. The summed E-state index contributed by atoms with van der Waals surface area (Å²) in [4.78, 5) is 10.9. The zero-order valence-electron chi connectivity index (χ0n) is 12.6. The molecule has 1 fully saturated rings. The largest absolute Gasteiger partial charge is 0.384 e. The summed E-state index contributed by atoms with van der Waals surface area (Å²) in [6.07, 6.45) is 11.0. The maximum Gasteiger partial charge on any atom is 0.123 e. The molecule has 3 rings (SSSR count). The Morgan fingerprint density at radius 1 is 1.29 bits per heavy atom. The van der Waals surface area contributed by atoms with Gasteiger partial charge >= 0.3 is 0 Å². The van der Waals surface area contributed by atoms with Crippen LogP contribution in [0.15, 0.2) is 30.9 Å². The maximum atomic E-state index is 5.65. The summed E-state index contributed by atoms with van der Waals surface area (Å²) >= 11 is 0. The normalized spacial score (nSPS) is 15.9. The molecule has 5 nitrogen and oxygen atoms in total. The molecule has 2 aromatic rings. The fourth-order valence-electron chi connectivity index (χ4n) is 3.09. The van der Waals surface area contributed by atoms with Gasteiger partial charge in [-0.2, -0.15) is 0 Å². The van der Waals surface area contributed by atoms with E-state index in [9.17, 15) is 0 Å². The molecule has 112 valence electrons. The standard InChI is InChI=1S/C16H23N5/c1-20(14-4-2-3-5-14)8-9-21-12-18-11-15(21)13-6-7-16(17)19-10-13/h6-7,10-12,14H,2-5,8-9H2,1H3,(H2,17,19). The van der Waals surface area contributed by atoms with Gasteiger partial charge in [-0.25, -0.2) is 9.97 Å². The highest BCUT2D eigenvalue weighted by molar-refractivity contribution is 5.59. The Labute approximate surface area is 125 Å². The third kappa shape index (κ3) is 3.24. The van der Waals surface area contributed by atoms with Gasteiger partial charge < -0.3 is 15.2 Å². The Morgan fingerprint density at radius 2 is 2.10 bits per heavy atom. The van der Waals surface area contributed by atoms with Crippen molar-refractivity contribution in [3.63, 3.8) is 0 Å². The van der Waals surface area contributed by atoms with Crippen molar-refractivity contribution in [3.05, 3.63) is 30.9 Å². The molecule has 2 N–H and O–H groups in total. The number of nitrogens with zero attached hydrogens (tertiary/aromatic N) is 4. The number of hydrogen-bond donors (Lipinski definition) is 1. The zero-order chi connectivity index (χ0) is 14.7. The van der Waals surface area contributed by atoms with Crippen LogP contribution >= 0.6 is 0 Å². The third-order valence-corrected chi connectivity index (χ3v) is 4.44. The summed E-state index contributed by atoms with van der Waals surface area (Å²) in [5.74, 6) is 0.547. The van der Waals surface area contributed by atoms with E-state index in [2.05, 4.69) is 26.5 Å². The number of rotatable bonds is 5. The lowest BCUT2D eigenvalue weighted by Crippen LogP contribution is -2.32. The van der Waals surface area contributed by atoms with Gasteiger partial charge in [-0.1, -0.05) is 12.8 Å². The van der Waals surface area contributed by atoms with E-state index in [1.54, 1.807) is 0 Å². The van der Waals surface area contributed by atoms with Crippen molar-refractivity contribution >= 4 is 5.82 Å². The molecule has 0 saturated heterocycles. The van der Waals surface area contributed by atoms with Crippen LogP contribution in [-0.2, 0) is 6.54 Å². The Hall–Kier alpha value is -1.88. The van der Waals surface area contributed by atoms with E-state index in [0.717, 1.165) is 30.4 Å². The van der Waals surface area contributed by atoms with E-state index in [1.807, 2.05) is 30.9 Å². The summed E-state index contributed by atoms with van der Waals surface area (Å²) in [5.41, 5.74) is 7.81. The number of pyridine rings is 1. The highest BCUT2D eigenvalue weighted by atomic mass is 15.2. The lowest BCUT2D eigenvalue weighted by Gasteiger charge is -2.24. The minimum Gasteiger partial charge on any atom is -0.384 e. The second-order valence-electron chi connectivity index (χ2n) is 5.86. The van der Waals surface area contributed by atoms with Crippen LogP contribution in [0.2, 0.25) is 0 Å². The summed E-state index contributed by atoms with van der Waals surface area (Å²) in [5, 5.41) is 0. The molecule has 2 aromatic heterocycles. The minimum absolute atomic E-state index is 0.547. The van der Waals surface area contributed by atoms with E-state index in [-0.39, 0.29) is 0 Å². The first-order valence-corrected chi connectivity index (χ1v) is 7.66. The molecular weight excluding hydrogens is 262 g/mol. The number of nitrogens with two attached hydrogens (primary N) is 1. The molecule has 0 aromatic carbocycles. The highest BCUT2D eigenvalue weighted by Gasteiger charge is 2.19. The van der Waals surface area contributed by atoms with E-state index in [0.29, 0.717) is 5.82 Å². The summed E-state index contributed by atoms with van der Waals surface area (Å²) < 4.78 is 2.19. The molecule has 2 heterocycles. The highest BCUT2D eigenvalue weighted by Crippen LogP contribution is 2.23. The van der Waals surface area contributed by atoms with Gasteiger partial charge in [-0.3, -0.25) is 0 Å². The van der Waals surface area contributed by atoms with Crippen LogP contribution in [0.3, 0.4) is 0 Å². The van der Waals surface area contributed by atoms with Crippen LogP contribution in [0.1, 0.15) is 25.7 Å². The van der Waals surface area contributed by atoms with Crippen LogP contribution in [-0.4, -0.2) is 39.1 Å². The molecule has 0 radical (unpaired) electrons. The fourth-order valence-corrected chi connectivity index (χ4v) is 3.09. The van der Waals surface area contributed by atoms with Crippen LogP contribution in [0.25, 0.3) is 11.3 Å². The molecule has 0 bridgehead atoms. The Morgan fingerprint density at radius 3 is 2.81 bits per heavy atom. The van der Waals surface area contributed by atoms with E-state index in [4.69, 9.17) is 5.73 Å². The molecule has 1 aliphatic carbocycles. The number of anilines is 1. The van der Waals surface area contributed by atoms with Gasteiger partial charge in [-0.15, -0.1) is 0 Å². The molecule has 21 heavy (non-hydrogen) atoms. The van der Waals surface area contributed by atoms with Gasteiger partial charge in [0.15, 0.2) is 0 Å². The maximum absolute atomic E-state index is 5.65. The topological polar surface area (TPSA) is 60.0 Å². The third-order valence-electron chi connectivity index (χ3n) is 4.44. The zero-order valence-corrected chi connectivity index (χ0v) is 12.6. The molecule has 5 heteroatoms. The van der Waals surface area contributed by atoms with E-state index < -0.39 is 0 Å². The van der Waals surface area contributed by atoms with Crippen LogP contribution in [0, 0.1) is 0 Å². The number of likely N-dealkylation sites (N-methyl/N-ethyl adjacent to an activating group) is 1. The van der Waals surface area contributed by atoms with Crippen molar-refractivity contribution in [1.82, 2.24) is 19.4 Å². The number of aromatic nitrogens is 3. The van der Waals surface area contributed by atoms with Crippen molar-refractivity contribution in [3.8, 4) is 11.3 Å². The first-order chi connectivity index (χ1) is 10.2. The van der Waals surface area contributed by atoms with Crippen molar-refractivity contribution in [2.45, 2.75) is 38.3 Å². The van der Waals surface area contributed by atoms with Gasteiger partial charge in [0.2, 0.25) is 0 Å². The first-order valence-electron chi connectivity index (χ1n) is 7.66. The van der Waals surface area contributed by atoms with Gasteiger partial charge in [0, 0.05) is 30.9 Å². The fraction of sp³-hybridized carbons (Fsp3) is 0.500. The van der Waals surface area contributed by atoms with Crippen LogP contribution in [0.5, 0.6) is 0 Å². The molecule has 0 unspecified atom stereocenters. The molecule has 0 amide bonds. The van der Waals surface area contributed by atoms with Gasteiger partial charge in [0.25, 0.3) is 0 Å². The van der Waals surface area contributed by atoms with Crippen LogP contribution < -0.4 is 5.73 Å². The second kappa shape index (κ2) is 6.26. The summed E-state index contributed by atoms with van der Waals surface area (Å²) in [7, 11) is 2.23. The Kier molecular flexibility index (Phi) is 4.20. The van der Waals surface area contributed by atoms with Gasteiger partial charge in [0.05, 0.1) is 18.2 Å². The molecule has 1 saturated carbocycles. The predicted octanol–water partition coefficient (Wildman–Crippen LogP) is 2.40. The number of hydrogen-bond acceptors (Lipinski definition) is 4. The quantitative estimate of drug-likeness (QED) is 0.916. The number of imidazole rings is 1. The monoisotopic (exact) mass is 285 g/mol. The Bertz CT molecular complexity index is 569. The summed E-state index contributed by atoms with van der Waals surface area (Å²) in [6.45, 7) is 2.00. The van der Waals surface area contributed by atoms with Crippen LogP contribution in [0.4, 0.5) is 5.82 Å². The minimum atomic E-state index is 0.547. The van der Waals surface area contributed by atoms with Crippen molar-refractivity contribution in [2.24, 2.45) is 0 Å². The average molecular weight is 285 g/mol. The molecule has 0 atom stereocenters.